The van der Waals surface area contributed by atoms with Crippen molar-refractivity contribution in [3.63, 3.8) is 0 Å². The summed E-state index contributed by atoms with van der Waals surface area (Å²) in [7, 11) is 2.10. The zero-order chi connectivity index (χ0) is 23.6. The normalized spacial score (nSPS) is 23.9. The molecule has 0 bridgehead atoms. The van der Waals surface area contributed by atoms with E-state index in [1.54, 1.807) is 0 Å². The minimum Gasteiger partial charge on any atom is -0.463 e. The van der Waals surface area contributed by atoms with Gasteiger partial charge in [-0.3, -0.25) is 9.69 Å². The van der Waals surface area contributed by atoms with E-state index >= 15 is 0 Å². The summed E-state index contributed by atoms with van der Waals surface area (Å²) < 4.78 is 12.2. The second-order valence-corrected chi connectivity index (χ2v) is 10.6. The molecule has 5 heteroatoms. The summed E-state index contributed by atoms with van der Waals surface area (Å²) >= 11 is 0. The third-order valence-electron chi connectivity index (χ3n) is 7.96. The molecule has 3 heterocycles. The highest BCUT2D eigenvalue weighted by Gasteiger charge is 2.57. The van der Waals surface area contributed by atoms with E-state index in [0.29, 0.717) is 18.8 Å². The summed E-state index contributed by atoms with van der Waals surface area (Å²) in [6.07, 6.45) is 4.28. The number of rotatable bonds is 3. The van der Waals surface area contributed by atoms with Gasteiger partial charge in [0.15, 0.2) is 5.78 Å². The number of carbonyl (C=O) groups is 1. The van der Waals surface area contributed by atoms with Gasteiger partial charge in [-0.1, -0.05) is 17.7 Å². The van der Waals surface area contributed by atoms with E-state index in [0.717, 1.165) is 24.4 Å². The summed E-state index contributed by atoms with van der Waals surface area (Å²) in [6, 6.07) is 12.4. The standard InChI is InChI=1S/C28H34N2O3/c1-19-7-9-23-22(17-19)26(2,3)28(29(23)6)12-11-20-18-21(8-10-24(20)33-28)25(31)27(4,5)30-13-15-32-16-14-30/h7-12,17-18H,13-16H2,1-6H3. The van der Waals surface area contributed by atoms with Gasteiger partial charge in [0.05, 0.1) is 24.2 Å². The minimum absolute atomic E-state index is 0.127. The number of ketones is 1. The van der Waals surface area contributed by atoms with E-state index in [9.17, 15) is 4.79 Å². The second kappa shape index (κ2) is 7.44. The Hall–Kier alpha value is -2.63. The van der Waals surface area contributed by atoms with Crippen LogP contribution in [0.5, 0.6) is 5.75 Å². The molecule has 0 aliphatic carbocycles. The van der Waals surface area contributed by atoms with Gasteiger partial charge in [-0.05, 0) is 76.6 Å². The number of likely N-dealkylation sites (N-methyl/N-ethyl adjacent to an activating group) is 1. The van der Waals surface area contributed by atoms with E-state index in [1.165, 1.54) is 16.8 Å². The van der Waals surface area contributed by atoms with Gasteiger partial charge < -0.3 is 14.4 Å². The van der Waals surface area contributed by atoms with Gasteiger partial charge in [0.1, 0.15) is 5.75 Å². The van der Waals surface area contributed by atoms with Gasteiger partial charge in [-0.15, -0.1) is 0 Å². The fourth-order valence-electron chi connectivity index (χ4n) is 5.69. The van der Waals surface area contributed by atoms with Gasteiger partial charge in [-0.2, -0.15) is 0 Å². The lowest BCUT2D eigenvalue weighted by molar-refractivity contribution is -0.00430. The number of fused-ring (bicyclic) bond motifs is 2. The van der Waals surface area contributed by atoms with Crippen LogP contribution in [0.2, 0.25) is 0 Å². The molecule has 5 rings (SSSR count). The molecule has 0 N–H and O–H groups in total. The Morgan fingerprint density at radius 1 is 1.06 bits per heavy atom. The summed E-state index contributed by atoms with van der Waals surface area (Å²) in [4.78, 5) is 17.9. The van der Waals surface area contributed by atoms with Crippen LogP contribution in [0.1, 0.15) is 54.7 Å². The molecule has 3 aliphatic rings. The number of ether oxygens (including phenoxy) is 2. The first-order chi connectivity index (χ1) is 15.6. The Morgan fingerprint density at radius 3 is 2.52 bits per heavy atom. The third-order valence-corrected chi connectivity index (χ3v) is 7.96. The molecule has 0 aromatic heterocycles. The molecule has 0 amide bonds. The number of morpholine rings is 1. The smallest absolute Gasteiger partial charge is 0.211 e. The monoisotopic (exact) mass is 446 g/mol. The van der Waals surface area contributed by atoms with Crippen molar-refractivity contribution in [1.29, 1.82) is 0 Å². The highest BCUT2D eigenvalue weighted by atomic mass is 16.5. The molecule has 0 radical (unpaired) electrons. The predicted octanol–water partition coefficient (Wildman–Crippen LogP) is 4.82. The van der Waals surface area contributed by atoms with Crippen LogP contribution in [0, 0.1) is 6.92 Å². The number of anilines is 1. The first kappa shape index (κ1) is 22.2. The lowest BCUT2D eigenvalue weighted by atomic mass is 9.76. The Morgan fingerprint density at radius 2 is 1.79 bits per heavy atom. The van der Waals surface area contributed by atoms with Gasteiger partial charge in [-0.25, -0.2) is 0 Å². The van der Waals surface area contributed by atoms with Crippen molar-refractivity contribution >= 4 is 17.5 Å². The molecule has 2 aromatic carbocycles. The number of Topliss-reactive ketones (excluding diaryl/α,β-unsaturated/α-hetero) is 1. The van der Waals surface area contributed by atoms with E-state index < -0.39 is 11.3 Å². The van der Waals surface area contributed by atoms with Crippen LogP contribution < -0.4 is 9.64 Å². The van der Waals surface area contributed by atoms with Crippen molar-refractivity contribution in [3.05, 3.63) is 64.7 Å². The van der Waals surface area contributed by atoms with E-state index in [1.807, 2.05) is 32.0 Å². The van der Waals surface area contributed by atoms with Crippen LogP contribution in [0.3, 0.4) is 0 Å². The molecular weight excluding hydrogens is 412 g/mol. The summed E-state index contributed by atoms with van der Waals surface area (Å²) in [5.41, 5.74) is 3.95. The van der Waals surface area contributed by atoms with Gasteiger partial charge >= 0.3 is 0 Å². The fraction of sp³-hybridized carbons (Fsp3) is 0.464. The zero-order valence-corrected chi connectivity index (χ0v) is 20.6. The van der Waals surface area contributed by atoms with E-state index in [-0.39, 0.29) is 11.2 Å². The van der Waals surface area contributed by atoms with Crippen molar-refractivity contribution in [2.24, 2.45) is 0 Å². The molecule has 33 heavy (non-hydrogen) atoms. The second-order valence-electron chi connectivity index (χ2n) is 10.6. The maximum Gasteiger partial charge on any atom is 0.211 e. The van der Waals surface area contributed by atoms with Crippen LogP contribution >= 0.6 is 0 Å². The first-order valence-electron chi connectivity index (χ1n) is 11.8. The Bertz CT molecular complexity index is 1140. The highest BCUT2D eigenvalue weighted by molar-refractivity contribution is 6.03. The number of hydrogen-bond acceptors (Lipinski definition) is 5. The maximum absolute atomic E-state index is 13.5. The van der Waals surface area contributed by atoms with Crippen molar-refractivity contribution in [3.8, 4) is 5.75 Å². The molecule has 1 unspecified atom stereocenters. The topological polar surface area (TPSA) is 42.0 Å². The largest absolute Gasteiger partial charge is 0.463 e. The van der Waals surface area contributed by atoms with Gasteiger partial charge in [0.2, 0.25) is 5.72 Å². The lowest BCUT2D eigenvalue weighted by Crippen LogP contribution is -2.58. The number of nitrogens with zero attached hydrogens (tertiary/aromatic N) is 2. The number of hydrogen-bond donors (Lipinski definition) is 0. The molecule has 1 spiro atoms. The Balaban J connectivity index is 1.47. The molecule has 5 nitrogen and oxygen atoms in total. The number of benzene rings is 2. The molecule has 3 aliphatic heterocycles. The summed E-state index contributed by atoms with van der Waals surface area (Å²) in [6.45, 7) is 13.5. The summed E-state index contributed by atoms with van der Waals surface area (Å²) in [5, 5.41) is 0. The average Bonchev–Trinajstić information content (AvgIpc) is 2.96. The van der Waals surface area contributed by atoms with Crippen LogP contribution in [0.25, 0.3) is 6.08 Å². The van der Waals surface area contributed by atoms with E-state index in [2.05, 4.69) is 68.0 Å². The number of aryl methyl sites for hydroxylation is 1. The molecule has 1 fully saturated rings. The Labute approximate surface area is 197 Å². The third kappa shape index (κ3) is 3.17. The molecule has 2 aromatic rings. The molecule has 1 saturated heterocycles. The predicted molar refractivity (Wildman–Crippen MR) is 132 cm³/mol. The maximum atomic E-state index is 13.5. The van der Waals surface area contributed by atoms with Crippen molar-refractivity contribution in [2.75, 3.05) is 38.3 Å². The lowest BCUT2D eigenvalue weighted by Gasteiger charge is -2.46. The molecule has 0 saturated carbocycles. The SMILES string of the molecule is Cc1ccc2c(c1)C(C)(C)C1(C=Cc3cc(C(=O)C(C)(C)N4CCOCC4)ccc3O1)N2C. The highest BCUT2D eigenvalue weighted by Crippen LogP contribution is 2.54. The van der Waals surface area contributed by atoms with Crippen molar-refractivity contribution in [2.45, 2.75) is 51.3 Å². The van der Waals surface area contributed by atoms with Crippen LogP contribution in [0.4, 0.5) is 5.69 Å². The van der Waals surface area contributed by atoms with Crippen LogP contribution in [-0.4, -0.2) is 55.3 Å². The van der Waals surface area contributed by atoms with E-state index in [4.69, 9.17) is 9.47 Å². The average molecular weight is 447 g/mol. The zero-order valence-electron chi connectivity index (χ0n) is 20.6. The van der Waals surface area contributed by atoms with Crippen LogP contribution in [0.15, 0.2) is 42.5 Å². The van der Waals surface area contributed by atoms with Crippen molar-refractivity contribution < 1.29 is 14.3 Å². The minimum atomic E-state index is -0.616. The fourth-order valence-corrected chi connectivity index (χ4v) is 5.69. The summed E-state index contributed by atoms with van der Waals surface area (Å²) in [5.74, 6) is 0.935. The molecule has 1 atom stereocenters. The van der Waals surface area contributed by atoms with Crippen LogP contribution in [-0.2, 0) is 10.2 Å². The molecule has 174 valence electrons. The van der Waals surface area contributed by atoms with Gasteiger partial charge in [0.25, 0.3) is 0 Å². The van der Waals surface area contributed by atoms with Crippen molar-refractivity contribution in [1.82, 2.24) is 4.90 Å². The quantitative estimate of drug-likeness (QED) is 0.633. The first-order valence-corrected chi connectivity index (χ1v) is 11.8. The Kier molecular flexibility index (Phi) is 5.00. The van der Waals surface area contributed by atoms with Gasteiger partial charge in [0, 0.05) is 37.0 Å². The number of carbonyl (C=O) groups excluding carboxylic acids is 1. The molecular formula is C28H34N2O3.